The van der Waals surface area contributed by atoms with Gasteiger partial charge in [0.15, 0.2) is 0 Å². The van der Waals surface area contributed by atoms with E-state index >= 15 is 0 Å². The van der Waals surface area contributed by atoms with E-state index in [0.29, 0.717) is 13.0 Å². The second kappa shape index (κ2) is 5.72. The fraction of sp³-hybridized carbons (Fsp3) is 0.889. The molecule has 0 aromatic rings. The lowest BCUT2D eigenvalue weighted by Gasteiger charge is -2.27. The van der Waals surface area contributed by atoms with E-state index in [9.17, 15) is 18.0 Å². The number of nitrogens with zero attached hydrogens (tertiary/aromatic N) is 1. The number of alkyl halides is 3. The van der Waals surface area contributed by atoms with Crippen LogP contribution in [0, 0.1) is 5.92 Å². The smallest absolute Gasteiger partial charge is 0.338 e. The molecular weight excluding hydrogens is 245 g/mol. The molecule has 16 heavy (non-hydrogen) atoms. The molecule has 0 radical (unpaired) electrons. The predicted molar refractivity (Wildman–Crippen MR) is 56.3 cm³/mol. The highest BCUT2D eigenvalue weighted by Crippen LogP contribution is 2.29. The molecule has 2 atom stereocenters. The summed E-state index contributed by atoms with van der Waals surface area (Å²) >= 11 is 0. The van der Waals surface area contributed by atoms with Gasteiger partial charge in [0.1, 0.15) is 5.92 Å². The first-order valence-corrected chi connectivity index (χ1v) is 4.95. The minimum absolute atomic E-state index is 0. The SMILES string of the molecule is CC(C(=O)N1CCCC1CN)C(F)(F)F.Cl. The van der Waals surface area contributed by atoms with Crippen molar-refractivity contribution in [3.63, 3.8) is 0 Å². The zero-order chi connectivity index (χ0) is 11.6. The first-order chi connectivity index (χ1) is 6.88. The molecule has 0 aromatic carbocycles. The van der Waals surface area contributed by atoms with Gasteiger partial charge >= 0.3 is 6.18 Å². The normalized spacial score (nSPS) is 22.8. The highest BCUT2D eigenvalue weighted by atomic mass is 35.5. The number of hydrogen-bond acceptors (Lipinski definition) is 2. The van der Waals surface area contributed by atoms with Crippen molar-refractivity contribution in [2.24, 2.45) is 11.7 Å². The molecule has 1 aliphatic rings. The van der Waals surface area contributed by atoms with Crippen molar-refractivity contribution in [2.75, 3.05) is 13.1 Å². The Bertz CT molecular complexity index is 247. The molecule has 1 fully saturated rings. The number of nitrogens with two attached hydrogens (primary N) is 1. The van der Waals surface area contributed by atoms with Crippen LogP contribution in [0.4, 0.5) is 13.2 Å². The molecule has 0 aliphatic carbocycles. The van der Waals surface area contributed by atoms with Crippen LogP contribution in [0.1, 0.15) is 19.8 Å². The van der Waals surface area contributed by atoms with Crippen molar-refractivity contribution in [3.8, 4) is 0 Å². The predicted octanol–water partition coefficient (Wildman–Crippen LogP) is 1.56. The Balaban J connectivity index is 0.00000225. The van der Waals surface area contributed by atoms with E-state index in [4.69, 9.17) is 5.73 Å². The van der Waals surface area contributed by atoms with Crippen molar-refractivity contribution >= 4 is 18.3 Å². The zero-order valence-corrected chi connectivity index (χ0v) is 9.77. The van der Waals surface area contributed by atoms with E-state index in [1.807, 2.05) is 0 Å². The number of carbonyl (C=O) groups excluding carboxylic acids is 1. The molecule has 2 unspecified atom stereocenters. The quantitative estimate of drug-likeness (QED) is 0.819. The Morgan fingerprint density at radius 1 is 1.56 bits per heavy atom. The molecule has 1 amide bonds. The fourth-order valence-corrected chi connectivity index (χ4v) is 1.76. The summed E-state index contributed by atoms with van der Waals surface area (Å²) in [4.78, 5) is 12.8. The van der Waals surface area contributed by atoms with E-state index in [2.05, 4.69) is 0 Å². The van der Waals surface area contributed by atoms with Gasteiger partial charge in [-0.05, 0) is 19.8 Å². The highest BCUT2D eigenvalue weighted by molar-refractivity contribution is 5.85. The lowest BCUT2D eigenvalue weighted by Crippen LogP contribution is -2.45. The Morgan fingerprint density at radius 3 is 2.56 bits per heavy atom. The lowest BCUT2D eigenvalue weighted by molar-refractivity contribution is -0.185. The van der Waals surface area contributed by atoms with Crippen LogP contribution in [-0.4, -0.2) is 36.1 Å². The van der Waals surface area contributed by atoms with E-state index in [0.717, 1.165) is 13.3 Å². The topological polar surface area (TPSA) is 46.3 Å². The molecule has 1 saturated heterocycles. The van der Waals surface area contributed by atoms with Gasteiger partial charge in [0, 0.05) is 19.1 Å². The first-order valence-electron chi connectivity index (χ1n) is 4.95. The maximum atomic E-state index is 12.3. The minimum atomic E-state index is -4.46. The van der Waals surface area contributed by atoms with Gasteiger partial charge in [0.2, 0.25) is 5.91 Å². The van der Waals surface area contributed by atoms with Gasteiger partial charge in [-0.1, -0.05) is 0 Å². The van der Waals surface area contributed by atoms with Crippen LogP contribution >= 0.6 is 12.4 Å². The van der Waals surface area contributed by atoms with Gasteiger partial charge in [-0.3, -0.25) is 4.79 Å². The summed E-state index contributed by atoms with van der Waals surface area (Å²) in [6.45, 7) is 1.52. The number of carbonyl (C=O) groups is 1. The molecular formula is C9H16ClF3N2O. The second-order valence-corrected chi connectivity index (χ2v) is 3.83. The summed E-state index contributed by atoms with van der Waals surface area (Å²) in [7, 11) is 0. The van der Waals surface area contributed by atoms with Crippen molar-refractivity contribution < 1.29 is 18.0 Å². The summed E-state index contributed by atoms with van der Waals surface area (Å²) in [5.41, 5.74) is 5.40. The number of rotatable bonds is 2. The molecule has 0 spiro atoms. The van der Waals surface area contributed by atoms with Gasteiger partial charge in [-0.15, -0.1) is 12.4 Å². The lowest BCUT2D eigenvalue weighted by atomic mass is 10.1. The number of likely N-dealkylation sites (tertiary alicyclic amines) is 1. The van der Waals surface area contributed by atoms with Crippen LogP contribution in [0.25, 0.3) is 0 Å². The molecule has 1 aliphatic heterocycles. The highest BCUT2D eigenvalue weighted by Gasteiger charge is 2.44. The number of halogens is 4. The molecule has 96 valence electrons. The van der Waals surface area contributed by atoms with Crippen LogP contribution in [0.2, 0.25) is 0 Å². The summed E-state index contributed by atoms with van der Waals surface area (Å²) in [6.07, 6.45) is -3.02. The van der Waals surface area contributed by atoms with Gasteiger partial charge in [0.05, 0.1) is 0 Å². The molecule has 1 rings (SSSR count). The van der Waals surface area contributed by atoms with Crippen LogP contribution in [0.15, 0.2) is 0 Å². The average molecular weight is 261 g/mol. The van der Waals surface area contributed by atoms with Crippen LogP contribution in [0.5, 0.6) is 0 Å². The molecule has 2 N–H and O–H groups in total. The Hall–Kier alpha value is -0.490. The van der Waals surface area contributed by atoms with Gasteiger partial charge in [-0.25, -0.2) is 0 Å². The Kier molecular flexibility index (Phi) is 5.55. The number of amides is 1. The molecule has 0 aromatic heterocycles. The maximum absolute atomic E-state index is 12.3. The van der Waals surface area contributed by atoms with E-state index in [1.165, 1.54) is 4.90 Å². The Morgan fingerprint density at radius 2 is 2.12 bits per heavy atom. The Labute approximate surface area is 98.6 Å². The summed E-state index contributed by atoms with van der Waals surface area (Å²) in [5.74, 6) is -2.78. The molecule has 3 nitrogen and oxygen atoms in total. The van der Waals surface area contributed by atoms with E-state index in [1.54, 1.807) is 0 Å². The standard InChI is InChI=1S/C9H15F3N2O.ClH/c1-6(9(10,11)12)8(15)14-4-2-3-7(14)5-13;/h6-7H,2-5,13H2,1H3;1H. The van der Waals surface area contributed by atoms with Crippen LogP contribution in [-0.2, 0) is 4.79 Å². The van der Waals surface area contributed by atoms with Crippen molar-refractivity contribution in [3.05, 3.63) is 0 Å². The zero-order valence-electron chi connectivity index (χ0n) is 8.96. The van der Waals surface area contributed by atoms with E-state index in [-0.39, 0.29) is 25.0 Å². The van der Waals surface area contributed by atoms with Crippen molar-refractivity contribution in [2.45, 2.75) is 32.0 Å². The third-order valence-electron chi connectivity index (χ3n) is 2.79. The number of hydrogen-bond donors (Lipinski definition) is 1. The van der Waals surface area contributed by atoms with Crippen LogP contribution < -0.4 is 5.73 Å². The summed E-state index contributed by atoms with van der Waals surface area (Å²) < 4.78 is 36.9. The van der Waals surface area contributed by atoms with Gasteiger partial charge < -0.3 is 10.6 Å². The van der Waals surface area contributed by atoms with Crippen molar-refractivity contribution in [1.82, 2.24) is 4.90 Å². The maximum Gasteiger partial charge on any atom is 0.400 e. The summed E-state index contributed by atoms with van der Waals surface area (Å²) in [6, 6.07) is -0.220. The second-order valence-electron chi connectivity index (χ2n) is 3.83. The monoisotopic (exact) mass is 260 g/mol. The summed E-state index contributed by atoms with van der Waals surface area (Å²) in [5, 5.41) is 0. The van der Waals surface area contributed by atoms with E-state index < -0.39 is 18.0 Å². The third-order valence-corrected chi connectivity index (χ3v) is 2.79. The van der Waals surface area contributed by atoms with Crippen molar-refractivity contribution in [1.29, 1.82) is 0 Å². The average Bonchev–Trinajstić information content (AvgIpc) is 2.61. The van der Waals surface area contributed by atoms with Gasteiger partial charge in [0.25, 0.3) is 0 Å². The minimum Gasteiger partial charge on any atom is -0.338 e. The molecule has 1 heterocycles. The van der Waals surface area contributed by atoms with Gasteiger partial charge in [-0.2, -0.15) is 13.2 Å². The first kappa shape index (κ1) is 15.5. The molecule has 0 saturated carbocycles. The largest absolute Gasteiger partial charge is 0.400 e. The fourth-order valence-electron chi connectivity index (χ4n) is 1.76. The molecule has 7 heteroatoms. The third kappa shape index (κ3) is 3.25. The molecule has 0 bridgehead atoms. The van der Waals surface area contributed by atoms with Crippen LogP contribution in [0.3, 0.4) is 0 Å².